The van der Waals surface area contributed by atoms with Gasteiger partial charge in [-0.05, 0) is 117 Å². The van der Waals surface area contributed by atoms with Crippen LogP contribution in [0.1, 0.15) is 91.9 Å². The lowest BCUT2D eigenvalue weighted by molar-refractivity contribution is -0.145. The van der Waals surface area contributed by atoms with Crippen LogP contribution in [0.15, 0.2) is 0 Å². The van der Waals surface area contributed by atoms with Crippen molar-refractivity contribution in [2.45, 2.75) is 91.9 Å². The maximum absolute atomic E-state index is 11.5. The maximum atomic E-state index is 11.5. The van der Waals surface area contributed by atoms with Crippen LogP contribution in [0.25, 0.3) is 0 Å². The van der Waals surface area contributed by atoms with Crippen molar-refractivity contribution in [1.29, 1.82) is 0 Å². The average molecular weight is 449 g/mol. The van der Waals surface area contributed by atoms with Crippen LogP contribution in [0.4, 0.5) is 0 Å². The van der Waals surface area contributed by atoms with Crippen molar-refractivity contribution < 1.29 is 19.1 Å². The molecule has 4 bridgehead atoms. The molecule has 0 radical (unpaired) electrons. The molecule has 0 amide bonds. The second-order valence-electron chi connectivity index (χ2n) is 11.3. The normalized spacial score (nSPS) is 43.6. The van der Waals surface area contributed by atoms with Crippen molar-refractivity contribution in [2.75, 3.05) is 14.2 Å². The molecule has 0 aliphatic heterocycles. The van der Waals surface area contributed by atoms with Crippen LogP contribution in [-0.2, 0) is 19.1 Å². The van der Waals surface area contributed by atoms with Crippen LogP contribution >= 0.6 is 0 Å². The summed E-state index contributed by atoms with van der Waals surface area (Å²) in [4.78, 5) is 21.0. The van der Waals surface area contributed by atoms with E-state index in [2.05, 4.69) is 11.7 Å². The zero-order valence-corrected chi connectivity index (χ0v) is 21.5. The topological polar surface area (TPSA) is 52.6 Å². The van der Waals surface area contributed by atoms with E-state index in [1.54, 1.807) is 32.1 Å². The first kappa shape index (κ1) is 25.6. The summed E-state index contributed by atoms with van der Waals surface area (Å²) in [7, 11) is 2.87. The lowest BCUT2D eigenvalue weighted by Gasteiger charge is -2.23. The molecule has 0 aromatic heterocycles. The highest BCUT2D eigenvalue weighted by molar-refractivity contribution is 5.72. The maximum Gasteiger partial charge on any atom is 0.308 e. The molecule has 6 fully saturated rings. The van der Waals surface area contributed by atoms with E-state index in [0.29, 0.717) is 0 Å². The van der Waals surface area contributed by atoms with Crippen molar-refractivity contribution in [3.8, 4) is 0 Å². The number of carbonyl (C=O) groups is 2. The van der Waals surface area contributed by atoms with Gasteiger partial charge in [0.25, 0.3) is 0 Å². The van der Waals surface area contributed by atoms with Gasteiger partial charge >= 0.3 is 11.9 Å². The smallest absolute Gasteiger partial charge is 0.308 e. The minimum Gasteiger partial charge on any atom is -0.469 e. The van der Waals surface area contributed by atoms with Gasteiger partial charge in [-0.2, -0.15) is 0 Å². The van der Waals surface area contributed by atoms with Gasteiger partial charge in [-0.15, -0.1) is 0 Å². The second kappa shape index (κ2) is 11.4. The Morgan fingerprint density at radius 3 is 1.28 bits per heavy atom. The number of methoxy groups -OCH3 is 2. The largest absolute Gasteiger partial charge is 0.469 e. The summed E-state index contributed by atoms with van der Waals surface area (Å²) in [6.45, 7) is 7.82. The van der Waals surface area contributed by atoms with E-state index in [0.717, 1.165) is 42.4 Å². The van der Waals surface area contributed by atoms with E-state index in [4.69, 9.17) is 4.74 Å². The Bertz CT molecular complexity index is 595. The molecule has 6 saturated carbocycles. The van der Waals surface area contributed by atoms with Crippen LogP contribution < -0.4 is 0 Å². The highest BCUT2D eigenvalue weighted by Gasteiger charge is 2.53. The van der Waals surface area contributed by atoms with Crippen molar-refractivity contribution >= 4 is 11.9 Å². The third-order valence-corrected chi connectivity index (χ3v) is 9.83. The Morgan fingerprint density at radius 1 is 0.625 bits per heavy atom. The van der Waals surface area contributed by atoms with Gasteiger partial charge in [0.1, 0.15) is 0 Å². The molecular weight excluding hydrogens is 400 g/mol. The summed E-state index contributed by atoms with van der Waals surface area (Å²) in [6.07, 6.45) is 14.5. The number of esters is 2. The summed E-state index contributed by atoms with van der Waals surface area (Å²) < 4.78 is 8.96. The van der Waals surface area contributed by atoms with Gasteiger partial charge in [0.05, 0.1) is 20.1 Å². The molecule has 0 aromatic carbocycles. The van der Waals surface area contributed by atoms with Crippen molar-refractivity contribution in [1.82, 2.24) is 0 Å². The molecule has 4 heteroatoms. The van der Waals surface area contributed by atoms with Crippen LogP contribution in [0.2, 0.25) is 0 Å². The third-order valence-electron chi connectivity index (χ3n) is 9.83. The Balaban J connectivity index is 0.000000144. The van der Waals surface area contributed by atoms with Gasteiger partial charge in [0, 0.05) is 6.92 Å². The summed E-state index contributed by atoms with van der Waals surface area (Å²) in [5.41, 5.74) is 0. The van der Waals surface area contributed by atoms with E-state index >= 15 is 0 Å². The molecule has 32 heavy (non-hydrogen) atoms. The quantitative estimate of drug-likeness (QED) is 0.429. The van der Waals surface area contributed by atoms with Crippen LogP contribution in [0.3, 0.4) is 0 Å². The molecule has 4 nitrogen and oxygen atoms in total. The minimum atomic E-state index is -0.245. The summed E-state index contributed by atoms with van der Waals surface area (Å²) in [5.74, 6) is 9.48. The standard InChI is InChI=1S/C12H18O2.C11H18.C3H6O2.C2H6/c1-14-12(13)9-5-10-7-2-3-8(4-7)11(10)6-9;1-7-4-10-8-2-3-9(6-8)11(10)5-7;1-3(4)5-2;1-2/h7-11H,2-6H2,1H3;7-11H,2-6H2,1H3;1-2H3;1-2H3. The van der Waals surface area contributed by atoms with E-state index < -0.39 is 0 Å². The monoisotopic (exact) mass is 448 g/mol. The Hall–Kier alpha value is -1.06. The summed E-state index contributed by atoms with van der Waals surface area (Å²) in [5, 5.41) is 0. The summed E-state index contributed by atoms with van der Waals surface area (Å²) in [6, 6.07) is 0. The molecule has 0 N–H and O–H groups in total. The highest BCUT2D eigenvalue weighted by Crippen LogP contribution is 2.61. The van der Waals surface area contributed by atoms with Gasteiger partial charge in [0.2, 0.25) is 0 Å². The molecule has 8 unspecified atom stereocenters. The number of carbonyl (C=O) groups excluding carboxylic acids is 2. The first-order valence-electron chi connectivity index (χ1n) is 13.5. The van der Waals surface area contributed by atoms with Gasteiger partial charge in [-0.3, -0.25) is 9.59 Å². The number of rotatable bonds is 1. The fourth-order valence-corrected chi connectivity index (χ4v) is 8.67. The molecular formula is C28H48O4. The zero-order chi connectivity index (χ0) is 23.4. The van der Waals surface area contributed by atoms with Gasteiger partial charge in [-0.1, -0.05) is 20.8 Å². The molecule has 184 valence electrons. The fourth-order valence-electron chi connectivity index (χ4n) is 8.67. The molecule has 0 aromatic rings. The number of hydrogen-bond donors (Lipinski definition) is 0. The first-order valence-corrected chi connectivity index (χ1v) is 13.5. The van der Waals surface area contributed by atoms with Crippen LogP contribution in [0.5, 0.6) is 0 Å². The summed E-state index contributed by atoms with van der Waals surface area (Å²) >= 11 is 0. The Kier molecular flexibility index (Phi) is 9.09. The molecule has 8 atom stereocenters. The molecule has 6 rings (SSSR count). The van der Waals surface area contributed by atoms with Crippen molar-refractivity contribution in [3.63, 3.8) is 0 Å². The first-order chi connectivity index (χ1) is 15.4. The van der Waals surface area contributed by atoms with Gasteiger partial charge in [0.15, 0.2) is 0 Å². The minimum absolute atomic E-state index is 0.0406. The average Bonchev–Trinajstić information content (AvgIpc) is 3.61. The molecule has 0 saturated heterocycles. The molecule has 6 aliphatic carbocycles. The van der Waals surface area contributed by atoms with Crippen LogP contribution in [0, 0.1) is 59.2 Å². The van der Waals surface area contributed by atoms with Crippen molar-refractivity contribution in [3.05, 3.63) is 0 Å². The highest BCUT2D eigenvalue weighted by atomic mass is 16.5. The van der Waals surface area contributed by atoms with E-state index in [1.807, 2.05) is 13.8 Å². The van der Waals surface area contributed by atoms with Crippen molar-refractivity contribution in [2.24, 2.45) is 59.2 Å². The number of hydrogen-bond acceptors (Lipinski definition) is 4. The number of ether oxygens (including phenoxy) is 2. The lowest BCUT2D eigenvalue weighted by atomic mass is 9.82. The molecule has 6 aliphatic rings. The van der Waals surface area contributed by atoms with Gasteiger partial charge < -0.3 is 9.47 Å². The third kappa shape index (κ3) is 5.36. The second-order valence-corrected chi connectivity index (χ2v) is 11.3. The predicted octanol–water partition coefficient (Wildman–Crippen LogP) is 6.52. The van der Waals surface area contributed by atoms with Crippen LogP contribution in [-0.4, -0.2) is 26.2 Å². The Labute approximate surface area is 196 Å². The lowest BCUT2D eigenvalue weighted by Crippen LogP contribution is -2.15. The van der Waals surface area contributed by atoms with E-state index in [1.165, 1.54) is 64.1 Å². The SMILES string of the molecule is CC.CC1CC2C3CCC(C3)C2C1.COC(=O)C1CC2C3CCC(C3)C2C1.COC(C)=O. The fraction of sp³-hybridized carbons (Fsp3) is 0.929. The number of fused-ring (bicyclic) bond motifs is 10. The van der Waals surface area contributed by atoms with Gasteiger partial charge in [-0.25, -0.2) is 0 Å². The Morgan fingerprint density at radius 2 is 0.969 bits per heavy atom. The predicted molar refractivity (Wildman–Crippen MR) is 128 cm³/mol. The zero-order valence-electron chi connectivity index (χ0n) is 21.5. The van der Waals surface area contributed by atoms with E-state index in [-0.39, 0.29) is 17.9 Å². The van der Waals surface area contributed by atoms with E-state index in [9.17, 15) is 9.59 Å². The molecule has 0 spiro atoms. The molecule has 0 heterocycles.